The van der Waals surface area contributed by atoms with E-state index in [1.165, 1.54) is 18.2 Å². The highest BCUT2D eigenvalue weighted by molar-refractivity contribution is 7.91. The van der Waals surface area contributed by atoms with E-state index in [9.17, 15) is 13.2 Å². The lowest BCUT2D eigenvalue weighted by Crippen LogP contribution is -2.22. The van der Waals surface area contributed by atoms with Gasteiger partial charge in [0.25, 0.3) is 0 Å². The number of carbonyl (C=O) groups is 1. The Morgan fingerprint density at radius 2 is 2.12 bits per heavy atom. The van der Waals surface area contributed by atoms with Gasteiger partial charge in [0.15, 0.2) is 9.84 Å². The summed E-state index contributed by atoms with van der Waals surface area (Å²) in [6.07, 6.45) is 0. The van der Waals surface area contributed by atoms with Crippen LogP contribution < -0.4 is 11.1 Å². The van der Waals surface area contributed by atoms with Gasteiger partial charge in [0, 0.05) is 11.6 Å². The molecule has 1 aromatic carbocycles. The van der Waals surface area contributed by atoms with Crippen molar-refractivity contribution in [3.05, 3.63) is 18.2 Å². The summed E-state index contributed by atoms with van der Waals surface area (Å²) in [6, 6.07) is 4.40. The first-order valence-electron chi connectivity index (χ1n) is 4.83. The minimum absolute atomic E-state index is 0.138. The normalized spacial score (nSPS) is 23.1. The van der Waals surface area contributed by atoms with E-state index in [0.717, 1.165) is 0 Å². The van der Waals surface area contributed by atoms with Crippen LogP contribution in [-0.4, -0.2) is 20.1 Å². The molecule has 3 N–H and O–H groups in total. The smallest absolute Gasteiger partial charge is 0.228 e. The average Bonchev–Trinajstić information content (AvgIpc) is 2.22. The number of benzene rings is 1. The first-order valence-corrected chi connectivity index (χ1v) is 6.48. The molecule has 0 saturated carbocycles. The Morgan fingerprint density at radius 1 is 1.44 bits per heavy atom. The number of rotatable bonds is 0. The molecule has 1 aliphatic rings. The highest BCUT2D eigenvalue weighted by Gasteiger charge is 2.30. The van der Waals surface area contributed by atoms with Crippen molar-refractivity contribution in [1.29, 1.82) is 0 Å². The molecule has 0 aliphatic carbocycles. The van der Waals surface area contributed by atoms with Gasteiger partial charge in [-0.3, -0.25) is 4.79 Å². The topological polar surface area (TPSA) is 89.3 Å². The molecule has 5 nitrogen and oxygen atoms in total. The van der Waals surface area contributed by atoms with Crippen molar-refractivity contribution in [3.8, 4) is 0 Å². The van der Waals surface area contributed by atoms with Crippen LogP contribution in [0, 0.1) is 5.92 Å². The summed E-state index contributed by atoms with van der Waals surface area (Å²) >= 11 is 0. The number of hydrogen-bond acceptors (Lipinski definition) is 4. The fourth-order valence-electron chi connectivity index (χ4n) is 1.67. The molecule has 1 aromatic rings. The van der Waals surface area contributed by atoms with Crippen molar-refractivity contribution in [2.75, 3.05) is 16.8 Å². The zero-order valence-electron chi connectivity index (χ0n) is 8.73. The van der Waals surface area contributed by atoms with Crippen molar-refractivity contribution in [2.45, 2.75) is 11.8 Å². The van der Waals surface area contributed by atoms with Crippen LogP contribution >= 0.6 is 0 Å². The SMILES string of the molecule is CC1CS(=O)(=O)c2ccc(N)cc2NC1=O. The van der Waals surface area contributed by atoms with Gasteiger partial charge in [-0.15, -0.1) is 0 Å². The van der Waals surface area contributed by atoms with E-state index in [4.69, 9.17) is 5.73 Å². The fraction of sp³-hybridized carbons (Fsp3) is 0.300. The second kappa shape index (κ2) is 3.48. The van der Waals surface area contributed by atoms with Crippen molar-refractivity contribution in [1.82, 2.24) is 0 Å². The van der Waals surface area contributed by atoms with Crippen LogP contribution in [0.5, 0.6) is 0 Å². The van der Waals surface area contributed by atoms with Crippen LogP contribution in [0.25, 0.3) is 0 Å². The second-order valence-corrected chi connectivity index (χ2v) is 5.93. The molecular formula is C10H12N2O3S. The number of nitrogens with one attached hydrogen (secondary N) is 1. The number of sulfone groups is 1. The third-order valence-electron chi connectivity index (χ3n) is 2.51. The number of nitrogen functional groups attached to an aromatic ring is 1. The third-order valence-corrected chi connectivity index (χ3v) is 4.48. The monoisotopic (exact) mass is 240 g/mol. The van der Waals surface area contributed by atoms with Crippen LogP contribution in [0.3, 0.4) is 0 Å². The lowest BCUT2D eigenvalue weighted by molar-refractivity contribution is -0.118. The lowest BCUT2D eigenvalue weighted by atomic mass is 10.2. The first-order chi connectivity index (χ1) is 7.40. The Bertz CT molecular complexity index is 551. The van der Waals surface area contributed by atoms with Crippen molar-refractivity contribution < 1.29 is 13.2 Å². The molecule has 1 unspecified atom stereocenters. The molecule has 16 heavy (non-hydrogen) atoms. The Morgan fingerprint density at radius 3 is 2.81 bits per heavy atom. The predicted octanol–water partition coefficient (Wildman–Crippen LogP) is 0.631. The third kappa shape index (κ3) is 1.76. The molecule has 1 amide bonds. The molecular weight excluding hydrogens is 228 g/mol. The molecule has 0 saturated heterocycles. The fourth-order valence-corrected chi connectivity index (χ4v) is 3.38. The summed E-state index contributed by atoms with van der Waals surface area (Å²) < 4.78 is 23.9. The maximum atomic E-state index is 11.9. The van der Waals surface area contributed by atoms with Gasteiger partial charge in [0.05, 0.1) is 16.3 Å². The van der Waals surface area contributed by atoms with Gasteiger partial charge in [-0.05, 0) is 18.2 Å². The maximum Gasteiger partial charge on any atom is 0.228 e. The zero-order valence-corrected chi connectivity index (χ0v) is 9.54. The van der Waals surface area contributed by atoms with Gasteiger partial charge in [0.1, 0.15) is 0 Å². The van der Waals surface area contributed by atoms with Gasteiger partial charge in [0.2, 0.25) is 5.91 Å². The summed E-state index contributed by atoms with van der Waals surface area (Å²) in [7, 11) is -3.42. The Hall–Kier alpha value is -1.56. The minimum atomic E-state index is -3.42. The van der Waals surface area contributed by atoms with Gasteiger partial charge < -0.3 is 11.1 Å². The number of anilines is 2. The van der Waals surface area contributed by atoms with E-state index in [-0.39, 0.29) is 22.2 Å². The van der Waals surface area contributed by atoms with Gasteiger partial charge >= 0.3 is 0 Å². The zero-order chi connectivity index (χ0) is 11.9. The lowest BCUT2D eigenvalue weighted by Gasteiger charge is -2.06. The van der Waals surface area contributed by atoms with E-state index in [2.05, 4.69) is 5.32 Å². The molecule has 86 valence electrons. The van der Waals surface area contributed by atoms with Crippen molar-refractivity contribution in [2.24, 2.45) is 5.92 Å². The number of amides is 1. The quantitative estimate of drug-likeness (QED) is 0.651. The molecule has 1 heterocycles. The molecule has 0 radical (unpaired) electrons. The highest BCUT2D eigenvalue weighted by atomic mass is 32.2. The Balaban J connectivity index is 2.65. The summed E-state index contributed by atoms with van der Waals surface area (Å²) in [6.45, 7) is 1.59. The van der Waals surface area contributed by atoms with Crippen LogP contribution in [0.4, 0.5) is 11.4 Å². The molecule has 1 aliphatic heterocycles. The Kier molecular flexibility index (Phi) is 2.38. The van der Waals surface area contributed by atoms with Gasteiger partial charge in [-0.2, -0.15) is 0 Å². The van der Waals surface area contributed by atoms with Gasteiger partial charge in [-0.1, -0.05) is 6.92 Å². The minimum Gasteiger partial charge on any atom is -0.399 e. The molecule has 0 fully saturated rings. The molecule has 6 heteroatoms. The largest absolute Gasteiger partial charge is 0.399 e. The van der Waals surface area contributed by atoms with E-state index < -0.39 is 15.8 Å². The molecule has 0 bridgehead atoms. The summed E-state index contributed by atoms with van der Waals surface area (Å²) in [5, 5.41) is 2.57. The van der Waals surface area contributed by atoms with Crippen molar-refractivity contribution in [3.63, 3.8) is 0 Å². The summed E-state index contributed by atoms with van der Waals surface area (Å²) in [5.74, 6) is -1.03. The molecule has 1 atom stereocenters. The van der Waals surface area contributed by atoms with E-state index >= 15 is 0 Å². The number of nitrogens with two attached hydrogens (primary N) is 1. The van der Waals surface area contributed by atoms with Crippen LogP contribution in [-0.2, 0) is 14.6 Å². The highest BCUT2D eigenvalue weighted by Crippen LogP contribution is 2.29. The second-order valence-electron chi connectivity index (χ2n) is 3.93. The van der Waals surface area contributed by atoms with E-state index in [1.807, 2.05) is 0 Å². The molecule has 2 rings (SSSR count). The Labute approximate surface area is 93.6 Å². The number of carbonyl (C=O) groups excluding carboxylic acids is 1. The maximum absolute atomic E-state index is 11.9. The van der Waals surface area contributed by atoms with E-state index in [0.29, 0.717) is 5.69 Å². The average molecular weight is 240 g/mol. The summed E-state index contributed by atoms with van der Waals surface area (Å²) in [4.78, 5) is 11.7. The number of fused-ring (bicyclic) bond motifs is 1. The number of hydrogen-bond donors (Lipinski definition) is 2. The van der Waals surface area contributed by atoms with E-state index in [1.54, 1.807) is 6.92 Å². The van der Waals surface area contributed by atoms with Crippen LogP contribution in [0.15, 0.2) is 23.1 Å². The molecule has 0 aromatic heterocycles. The van der Waals surface area contributed by atoms with Crippen LogP contribution in [0.2, 0.25) is 0 Å². The predicted molar refractivity (Wildman–Crippen MR) is 60.7 cm³/mol. The van der Waals surface area contributed by atoms with Crippen molar-refractivity contribution >= 4 is 27.1 Å². The summed E-state index contributed by atoms with van der Waals surface area (Å²) in [5.41, 5.74) is 6.25. The van der Waals surface area contributed by atoms with Crippen LogP contribution in [0.1, 0.15) is 6.92 Å². The first kappa shape index (κ1) is 10.9. The standard InChI is InChI=1S/C10H12N2O3S/c1-6-5-16(14,15)9-3-2-7(11)4-8(9)12-10(6)13/h2-4,6H,5,11H2,1H3,(H,12,13). The molecule has 0 spiro atoms. The van der Waals surface area contributed by atoms with Gasteiger partial charge in [-0.25, -0.2) is 8.42 Å².